The van der Waals surface area contributed by atoms with Crippen molar-refractivity contribution in [1.82, 2.24) is 10.2 Å². The summed E-state index contributed by atoms with van der Waals surface area (Å²) in [5.41, 5.74) is 5.26. The molecule has 7 heteroatoms. The zero-order chi connectivity index (χ0) is 13.2. The van der Waals surface area contributed by atoms with E-state index >= 15 is 0 Å². The van der Waals surface area contributed by atoms with Gasteiger partial charge in [0.15, 0.2) is 0 Å². The number of ether oxygens (including phenoxy) is 1. The van der Waals surface area contributed by atoms with Gasteiger partial charge in [-0.05, 0) is 25.7 Å². The minimum atomic E-state index is -0.941. The van der Waals surface area contributed by atoms with Gasteiger partial charge in [-0.3, -0.25) is 4.79 Å². The van der Waals surface area contributed by atoms with Crippen LogP contribution in [0.4, 0.5) is 0 Å². The molecule has 0 saturated heterocycles. The molecule has 1 atom stereocenters. The standard InChI is InChI=1S/C11H17N3O3S/c1-3-16-9(15)11(12,8-4-5-8)6-18-10-14-13-7(2)17-10/h8H,3-6,12H2,1-2H3. The van der Waals surface area contributed by atoms with Gasteiger partial charge in [-0.2, -0.15) is 0 Å². The van der Waals surface area contributed by atoms with Crippen LogP contribution < -0.4 is 5.73 Å². The monoisotopic (exact) mass is 271 g/mol. The molecule has 0 bridgehead atoms. The maximum atomic E-state index is 11.9. The third-order valence-corrected chi connectivity index (χ3v) is 3.94. The summed E-state index contributed by atoms with van der Waals surface area (Å²) in [5.74, 6) is 0.769. The molecule has 1 saturated carbocycles. The first kappa shape index (κ1) is 13.4. The molecule has 1 aromatic rings. The van der Waals surface area contributed by atoms with Crippen molar-refractivity contribution in [2.75, 3.05) is 12.4 Å². The van der Waals surface area contributed by atoms with Gasteiger partial charge in [-0.25, -0.2) is 0 Å². The number of hydrogen-bond donors (Lipinski definition) is 1. The minimum Gasteiger partial charge on any atom is -0.465 e. The molecule has 2 N–H and O–H groups in total. The van der Waals surface area contributed by atoms with Gasteiger partial charge >= 0.3 is 5.97 Å². The van der Waals surface area contributed by atoms with E-state index in [9.17, 15) is 4.79 Å². The first-order valence-electron chi connectivity index (χ1n) is 5.95. The Morgan fingerprint density at radius 2 is 2.33 bits per heavy atom. The lowest BCUT2D eigenvalue weighted by Crippen LogP contribution is -2.53. The van der Waals surface area contributed by atoms with Crippen LogP contribution in [-0.2, 0) is 9.53 Å². The highest BCUT2D eigenvalue weighted by Gasteiger charge is 2.49. The number of nitrogens with zero attached hydrogens (tertiary/aromatic N) is 2. The Kier molecular flexibility index (Phi) is 3.91. The number of hydrogen-bond acceptors (Lipinski definition) is 7. The molecular formula is C11H17N3O3S. The molecule has 1 aliphatic rings. The van der Waals surface area contributed by atoms with Crippen LogP contribution in [0.5, 0.6) is 0 Å². The number of aryl methyl sites for hydroxylation is 1. The van der Waals surface area contributed by atoms with Gasteiger partial charge < -0.3 is 14.9 Å². The number of aromatic nitrogens is 2. The highest BCUT2D eigenvalue weighted by atomic mass is 32.2. The lowest BCUT2D eigenvalue weighted by atomic mass is 9.97. The molecule has 0 aromatic carbocycles. The van der Waals surface area contributed by atoms with Crippen LogP contribution in [0.2, 0.25) is 0 Å². The van der Waals surface area contributed by atoms with Crippen LogP contribution in [0.1, 0.15) is 25.7 Å². The molecule has 18 heavy (non-hydrogen) atoms. The predicted molar refractivity (Wildman–Crippen MR) is 66.0 cm³/mol. The van der Waals surface area contributed by atoms with E-state index in [0.717, 1.165) is 12.8 Å². The van der Waals surface area contributed by atoms with Gasteiger partial charge in [0.25, 0.3) is 5.22 Å². The average molecular weight is 271 g/mol. The van der Waals surface area contributed by atoms with Crippen LogP contribution in [0.25, 0.3) is 0 Å². The van der Waals surface area contributed by atoms with Gasteiger partial charge in [0.1, 0.15) is 5.54 Å². The fourth-order valence-corrected chi connectivity index (χ4v) is 2.72. The molecule has 1 unspecified atom stereocenters. The first-order valence-corrected chi connectivity index (χ1v) is 6.94. The highest BCUT2D eigenvalue weighted by molar-refractivity contribution is 7.99. The maximum Gasteiger partial charge on any atom is 0.327 e. The van der Waals surface area contributed by atoms with Gasteiger partial charge in [0.05, 0.1) is 6.61 Å². The molecule has 0 amide bonds. The lowest BCUT2D eigenvalue weighted by molar-refractivity contribution is -0.149. The summed E-state index contributed by atoms with van der Waals surface area (Å²) in [6.07, 6.45) is 1.94. The first-order chi connectivity index (χ1) is 8.56. The zero-order valence-electron chi connectivity index (χ0n) is 10.5. The summed E-state index contributed by atoms with van der Waals surface area (Å²) in [6.45, 7) is 3.84. The summed E-state index contributed by atoms with van der Waals surface area (Å²) in [5, 5.41) is 8.04. The number of rotatable bonds is 6. The Balaban J connectivity index is 1.99. The minimum absolute atomic E-state index is 0.202. The van der Waals surface area contributed by atoms with Gasteiger partial charge in [-0.1, -0.05) is 11.8 Å². The molecular weight excluding hydrogens is 254 g/mol. The van der Waals surface area contributed by atoms with Crippen molar-refractivity contribution in [3.63, 3.8) is 0 Å². The van der Waals surface area contributed by atoms with E-state index < -0.39 is 5.54 Å². The van der Waals surface area contributed by atoms with Crippen molar-refractivity contribution >= 4 is 17.7 Å². The zero-order valence-corrected chi connectivity index (χ0v) is 11.3. The summed E-state index contributed by atoms with van der Waals surface area (Å²) >= 11 is 1.30. The van der Waals surface area contributed by atoms with E-state index in [0.29, 0.717) is 23.5 Å². The normalized spacial score (nSPS) is 18.4. The van der Waals surface area contributed by atoms with Crippen molar-refractivity contribution < 1.29 is 13.9 Å². The van der Waals surface area contributed by atoms with E-state index in [2.05, 4.69) is 10.2 Å². The second-order valence-electron chi connectivity index (χ2n) is 4.41. The predicted octanol–water partition coefficient (Wildman–Crippen LogP) is 1.14. The molecule has 1 heterocycles. The third kappa shape index (κ3) is 2.84. The highest BCUT2D eigenvalue weighted by Crippen LogP contribution is 2.41. The van der Waals surface area contributed by atoms with Crippen molar-refractivity contribution in [1.29, 1.82) is 0 Å². The molecule has 2 rings (SSSR count). The fourth-order valence-electron chi connectivity index (χ4n) is 1.73. The van der Waals surface area contributed by atoms with Crippen molar-refractivity contribution in [2.24, 2.45) is 11.7 Å². The van der Waals surface area contributed by atoms with Gasteiger partial charge in [-0.15, -0.1) is 10.2 Å². The van der Waals surface area contributed by atoms with E-state index in [4.69, 9.17) is 14.9 Å². The van der Waals surface area contributed by atoms with E-state index in [1.54, 1.807) is 13.8 Å². The summed E-state index contributed by atoms with van der Waals surface area (Å²) < 4.78 is 10.3. The second kappa shape index (κ2) is 5.27. The van der Waals surface area contributed by atoms with Crippen LogP contribution >= 0.6 is 11.8 Å². The number of carbonyl (C=O) groups is 1. The molecule has 0 spiro atoms. The van der Waals surface area contributed by atoms with Crippen LogP contribution in [0, 0.1) is 12.8 Å². The largest absolute Gasteiger partial charge is 0.465 e. The van der Waals surface area contributed by atoms with Gasteiger partial charge in [0.2, 0.25) is 5.89 Å². The molecule has 0 aliphatic heterocycles. The Bertz CT molecular complexity index is 433. The Labute approximate surface area is 110 Å². The number of nitrogens with two attached hydrogens (primary N) is 1. The number of carbonyl (C=O) groups excluding carboxylic acids is 1. The molecule has 0 radical (unpaired) electrons. The molecule has 1 aromatic heterocycles. The molecule has 6 nitrogen and oxygen atoms in total. The van der Waals surface area contributed by atoms with Crippen molar-refractivity contribution in [2.45, 2.75) is 37.5 Å². The van der Waals surface area contributed by atoms with E-state index in [-0.39, 0.29) is 11.9 Å². The van der Waals surface area contributed by atoms with Crippen molar-refractivity contribution in [3.8, 4) is 0 Å². The summed E-state index contributed by atoms with van der Waals surface area (Å²) in [4.78, 5) is 11.9. The average Bonchev–Trinajstić information content (AvgIpc) is 3.11. The van der Waals surface area contributed by atoms with Crippen molar-refractivity contribution in [3.05, 3.63) is 5.89 Å². The maximum absolute atomic E-state index is 11.9. The molecule has 1 aliphatic carbocycles. The van der Waals surface area contributed by atoms with E-state index in [1.807, 2.05) is 0 Å². The number of thioether (sulfide) groups is 1. The lowest BCUT2D eigenvalue weighted by Gasteiger charge is -2.25. The van der Waals surface area contributed by atoms with Crippen LogP contribution in [0.3, 0.4) is 0 Å². The topological polar surface area (TPSA) is 91.2 Å². The molecule has 100 valence electrons. The number of esters is 1. The summed E-state index contributed by atoms with van der Waals surface area (Å²) in [7, 11) is 0. The second-order valence-corrected chi connectivity index (χ2v) is 5.34. The van der Waals surface area contributed by atoms with Crippen LogP contribution in [0.15, 0.2) is 9.64 Å². The Morgan fingerprint density at radius 1 is 1.61 bits per heavy atom. The van der Waals surface area contributed by atoms with Crippen LogP contribution in [-0.4, -0.2) is 34.1 Å². The Morgan fingerprint density at radius 3 is 2.83 bits per heavy atom. The molecule has 1 fully saturated rings. The summed E-state index contributed by atoms with van der Waals surface area (Å²) in [6, 6.07) is 0. The Hall–Kier alpha value is -1.08. The SMILES string of the molecule is CCOC(=O)C(N)(CSc1nnc(C)o1)C1CC1. The van der Waals surface area contributed by atoms with Gasteiger partial charge in [0, 0.05) is 12.7 Å². The smallest absolute Gasteiger partial charge is 0.327 e. The quantitative estimate of drug-likeness (QED) is 0.612. The fraction of sp³-hybridized carbons (Fsp3) is 0.727. The third-order valence-electron chi connectivity index (χ3n) is 2.90. The van der Waals surface area contributed by atoms with E-state index in [1.165, 1.54) is 11.8 Å².